The molecule has 0 aliphatic carbocycles. The Balaban J connectivity index is 1.81. The van der Waals surface area contributed by atoms with Gasteiger partial charge in [-0.25, -0.2) is 5.43 Å². The summed E-state index contributed by atoms with van der Waals surface area (Å²) >= 11 is 0. The molecule has 0 spiro atoms. The maximum Gasteiger partial charge on any atom is 0.240 e. The first-order valence-electron chi connectivity index (χ1n) is 8.54. The third-order valence-corrected chi connectivity index (χ3v) is 3.58. The molecule has 0 heterocycles. The summed E-state index contributed by atoms with van der Waals surface area (Å²) in [6.45, 7) is 0.137. The van der Waals surface area contributed by atoms with Gasteiger partial charge in [0.2, 0.25) is 11.8 Å². The monoisotopic (exact) mass is 379 g/mol. The molecule has 0 saturated carbocycles. The molecular formula is C21H21N3O4. The lowest BCUT2D eigenvalue weighted by Gasteiger charge is -2.09. The zero-order valence-electron chi connectivity index (χ0n) is 15.5. The molecule has 0 aliphatic heterocycles. The molecule has 7 nitrogen and oxygen atoms in total. The molecule has 0 radical (unpaired) electrons. The van der Waals surface area contributed by atoms with E-state index in [9.17, 15) is 9.59 Å². The van der Waals surface area contributed by atoms with Gasteiger partial charge >= 0.3 is 0 Å². The minimum absolute atomic E-state index is 0.00639. The van der Waals surface area contributed by atoms with Crippen molar-refractivity contribution in [2.45, 2.75) is 12.8 Å². The molecule has 2 aromatic rings. The lowest BCUT2D eigenvalue weighted by Crippen LogP contribution is -2.20. The van der Waals surface area contributed by atoms with Crippen LogP contribution in [0.1, 0.15) is 18.4 Å². The number of anilines is 1. The number of amides is 2. The van der Waals surface area contributed by atoms with Gasteiger partial charge in [0.25, 0.3) is 0 Å². The molecule has 0 bridgehead atoms. The number of hydrogen-bond acceptors (Lipinski definition) is 5. The normalized spacial score (nSPS) is 10.1. The molecule has 0 fully saturated rings. The first-order chi connectivity index (χ1) is 13.6. The molecule has 2 aromatic carbocycles. The molecule has 2 N–H and O–H groups in total. The van der Waals surface area contributed by atoms with Gasteiger partial charge in [-0.3, -0.25) is 9.59 Å². The van der Waals surface area contributed by atoms with E-state index < -0.39 is 0 Å². The number of ether oxygens (including phenoxy) is 2. The van der Waals surface area contributed by atoms with E-state index >= 15 is 0 Å². The number of methoxy groups -OCH3 is 1. The fraction of sp³-hybridized carbons (Fsp3) is 0.190. The van der Waals surface area contributed by atoms with E-state index in [0.717, 1.165) is 0 Å². The van der Waals surface area contributed by atoms with E-state index in [4.69, 9.17) is 15.9 Å². The van der Waals surface area contributed by atoms with Crippen LogP contribution in [0.5, 0.6) is 11.5 Å². The summed E-state index contributed by atoms with van der Waals surface area (Å²) in [6.07, 6.45) is 6.65. The van der Waals surface area contributed by atoms with Crippen molar-refractivity contribution in [1.82, 2.24) is 5.43 Å². The largest absolute Gasteiger partial charge is 0.495 e. The van der Waals surface area contributed by atoms with Crippen LogP contribution in [0.4, 0.5) is 5.69 Å². The molecule has 0 atom stereocenters. The molecule has 2 amide bonds. The van der Waals surface area contributed by atoms with Crippen LogP contribution in [-0.4, -0.2) is 31.7 Å². The van der Waals surface area contributed by atoms with Crippen molar-refractivity contribution in [1.29, 1.82) is 0 Å². The van der Waals surface area contributed by atoms with E-state index in [0.29, 0.717) is 22.7 Å². The number of nitrogens with zero attached hydrogens (tertiary/aromatic N) is 1. The quantitative estimate of drug-likeness (QED) is 0.398. The van der Waals surface area contributed by atoms with Crippen LogP contribution in [0.2, 0.25) is 0 Å². The van der Waals surface area contributed by atoms with Crippen molar-refractivity contribution in [3.05, 3.63) is 54.1 Å². The lowest BCUT2D eigenvalue weighted by atomic mass is 10.2. The second-order valence-electron chi connectivity index (χ2n) is 5.57. The van der Waals surface area contributed by atoms with Crippen LogP contribution >= 0.6 is 0 Å². The predicted octanol–water partition coefficient (Wildman–Crippen LogP) is 2.58. The molecule has 0 saturated heterocycles. The zero-order chi connectivity index (χ0) is 20.2. The van der Waals surface area contributed by atoms with E-state index in [1.165, 1.54) is 13.3 Å². The Morgan fingerprint density at radius 2 is 1.75 bits per heavy atom. The molecule has 7 heteroatoms. The Hall–Kier alpha value is -3.79. The maximum atomic E-state index is 12.0. The number of carbonyl (C=O) groups excluding carboxylic acids is 2. The summed E-state index contributed by atoms with van der Waals surface area (Å²) in [5, 5.41) is 6.60. The van der Waals surface area contributed by atoms with Crippen molar-refractivity contribution in [3.63, 3.8) is 0 Å². The van der Waals surface area contributed by atoms with Gasteiger partial charge in [0.05, 0.1) is 19.0 Å². The molecule has 28 heavy (non-hydrogen) atoms. The fourth-order valence-electron chi connectivity index (χ4n) is 2.26. The first kappa shape index (κ1) is 20.5. The van der Waals surface area contributed by atoms with Crippen LogP contribution in [0.15, 0.2) is 53.6 Å². The molecule has 0 aliphatic rings. The second kappa shape index (κ2) is 11.0. The third-order valence-electron chi connectivity index (χ3n) is 3.58. The summed E-state index contributed by atoms with van der Waals surface area (Å²) in [5.41, 5.74) is 3.61. The van der Waals surface area contributed by atoms with Gasteiger partial charge in [-0.1, -0.05) is 30.2 Å². The first-order valence-corrected chi connectivity index (χ1v) is 8.54. The highest BCUT2D eigenvalue weighted by molar-refractivity contribution is 5.94. The molecule has 0 unspecified atom stereocenters. The smallest absolute Gasteiger partial charge is 0.240 e. The molecule has 2 rings (SSSR count). The van der Waals surface area contributed by atoms with E-state index in [-0.39, 0.29) is 31.3 Å². The van der Waals surface area contributed by atoms with Crippen LogP contribution < -0.4 is 20.2 Å². The SMILES string of the molecule is C#CCOc1ccccc1C=NNC(=O)CCC(=O)Nc1ccccc1OC. The van der Waals surface area contributed by atoms with Crippen molar-refractivity contribution in [3.8, 4) is 23.8 Å². The van der Waals surface area contributed by atoms with Crippen molar-refractivity contribution >= 4 is 23.7 Å². The topological polar surface area (TPSA) is 89.0 Å². The highest BCUT2D eigenvalue weighted by atomic mass is 16.5. The Morgan fingerprint density at radius 1 is 1.07 bits per heavy atom. The number of benzene rings is 2. The molecular weight excluding hydrogens is 358 g/mol. The number of para-hydroxylation sites is 3. The van der Waals surface area contributed by atoms with Gasteiger partial charge < -0.3 is 14.8 Å². The van der Waals surface area contributed by atoms with E-state index in [1.807, 2.05) is 12.1 Å². The highest BCUT2D eigenvalue weighted by Gasteiger charge is 2.09. The number of nitrogens with one attached hydrogen (secondary N) is 2. The van der Waals surface area contributed by atoms with Crippen LogP contribution in [-0.2, 0) is 9.59 Å². The third kappa shape index (κ3) is 6.50. The van der Waals surface area contributed by atoms with Crippen LogP contribution in [0, 0.1) is 12.3 Å². The minimum Gasteiger partial charge on any atom is -0.495 e. The van der Waals surface area contributed by atoms with Gasteiger partial charge in [-0.05, 0) is 24.3 Å². The number of carbonyl (C=O) groups is 2. The summed E-state index contributed by atoms with van der Waals surface area (Å²) in [5.74, 6) is 2.83. The van der Waals surface area contributed by atoms with Gasteiger partial charge in [-0.2, -0.15) is 5.10 Å². The highest BCUT2D eigenvalue weighted by Crippen LogP contribution is 2.23. The Morgan fingerprint density at radius 3 is 2.50 bits per heavy atom. The van der Waals surface area contributed by atoms with E-state index in [2.05, 4.69) is 21.8 Å². The Bertz CT molecular complexity index is 887. The summed E-state index contributed by atoms with van der Waals surface area (Å²) in [6, 6.07) is 14.2. The second-order valence-corrected chi connectivity index (χ2v) is 5.57. The average Bonchev–Trinajstić information content (AvgIpc) is 2.72. The minimum atomic E-state index is -0.381. The standard InChI is InChI=1S/C21H21N3O4/c1-3-14-28-18-10-6-4-8-16(18)15-22-24-21(26)13-12-20(25)23-17-9-5-7-11-19(17)27-2/h1,4-11,15H,12-14H2,2H3,(H,23,25)(H,24,26). The number of rotatable bonds is 9. The number of terminal acetylenes is 1. The Labute approximate surface area is 163 Å². The van der Waals surface area contributed by atoms with E-state index in [1.54, 1.807) is 36.4 Å². The molecule has 0 aromatic heterocycles. The van der Waals surface area contributed by atoms with Gasteiger partial charge in [0.1, 0.15) is 18.1 Å². The Kier molecular flexibility index (Phi) is 8.09. The predicted molar refractivity (Wildman–Crippen MR) is 107 cm³/mol. The van der Waals surface area contributed by atoms with Crippen molar-refractivity contribution in [2.24, 2.45) is 5.10 Å². The fourth-order valence-corrected chi connectivity index (χ4v) is 2.26. The number of hydrazone groups is 1. The van der Waals surface area contributed by atoms with Crippen molar-refractivity contribution in [2.75, 3.05) is 19.0 Å². The lowest BCUT2D eigenvalue weighted by molar-refractivity contribution is -0.124. The van der Waals surface area contributed by atoms with Crippen LogP contribution in [0.25, 0.3) is 0 Å². The number of hydrogen-bond donors (Lipinski definition) is 2. The van der Waals surface area contributed by atoms with Gasteiger partial charge in [-0.15, -0.1) is 6.42 Å². The van der Waals surface area contributed by atoms with Crippen molar-refractivity contribution < 1.29 is 19.1 Å². The van der Waals surface area contributed by atoms with Gasteiger partial charge in [0.15, 0.2) is 0 Å². The summed E-state index contributed by atoms with van der Waals surface area (Å²) in [4.78, 5) is 23.9. The average molecular weight is 379 g/mol. The molecule has 144 valence electrons. The zero-order valence-corrected chi connectivity index (χ0v) is 15.5. The maximum absolute atomic E-state index is 12.0. The summed E-state index contributed by atoms with van der Waals surface area (Å²) < 4.78 is 10.6. The van der Waals surface area contributed by atoms with Gasteiger partial charge in [0, 0.05) is 18.4 Å². The summed E-state index contributed by atoms with van der Waals surface area (Å²) in [7, 11) is 1.52. The van der Waals surface area contributed by atoms with Crippen LogP contribution in [0.3, 0.4) is 0 Å².